The predicted molar refractivity (Wildman–Crippen MR) is 56.3 cm³/mol. The number of benzene rings is 1. The predicted octanol–water partition coefficient (Wildman–Crippen LogP) is 1.51. The molecule has 0 heterocycles. The first kappa shape index (κ1) is 10.2. The average molecular weight is 239 g/mol. The Hall–Kier alpha value is -0.851. The summed E-state index contributed by atoms with van der Waals surface area (Å²) in [5.74, 6) is 0. The zero-order valence-corrected chi connectivity index (χ0v) is 9.28. The molecule has 0 fully saturated rings. The van der Waals surface area contributed by atoms with Crippen LogP contribution in [0.2, 0.25) is 0 Å². The van der Waals surface area contributed by atoms with Gasteiger partial charge >= 0.3 is 84.7 Å². The van der Waals surface area contributed by atoms with Gasteiger partial charge in [0.05, 0.1) is 0 Å². The number of aldehydes is 1. The fourth-order valence-electron chi connectivity index (χ4n) is 0.940. The molecule has 0 saturated carbocycles. The number of carbonyl (C=O) groups excluding carboxylic acids is 1. The van der Waals surface area contributed by atoms with Crippen molar-refractivity contribution in [3.8, 4) is 0 Å². The van der Waals surface area contributed by atoms with Crippen LogP contribution in [0, 0.1) is 0 Å². The molecule has 0 bridgehead atoms. The van der Waals surface area contributed by atoms with Gasteiger partial charge < -0.3 is 0 Å². The Morgan fingerprint density at radius 3 is 2.62 bits per heavy atom. The molecular formula is C11H12OSe. The Kier molecular flexibility index (Phi) is 4.52. The van der Waals surface area contributed by atoms with Crippen molar-refractivity contribution < 1.29 is 4.79 Å². The van der Waals surface area contributed by atoms with Crippen molar-refractivity contribution in [2.45, 2.75) is 13.3 Å². The van der Waals surface area contributed by atoms with Gasteiger partial charge in [-0.05, 0) is 0 Å². The summed E-state index contributed by atoms with van der Waals surface area (Å²) in [4.78, 5) is 10.6. The first-order valence-corrected chi connectivity index (χ1v) is 5.96. The van der Waals surface area contributed by atoms with Crippen molar-refractivity contribution in [2.75, 3.05) is 0 Å². The molecule has 0 radical (unpaired) electrons. The number of hydrogen-bond acceptors (Lipinski definition) is 1. The molecule has 1 rings (SSSR count). The molecule has 0 aliphatic heterocycles. The third kappa shape index (κ3) is 3.58. The van der Waals surface area contributed by atoms with Crippen LogP contribution in [0.5, 0.6) is 0 Å². The van der Waals surface area contributed by atoms with E-state index >= 15 is 0 Å². The fourth-order valence-corrected chi connectivity index (χ4v) is 2.75. The van der Waals surface area contributed by atoms with Crippen LogP contribution in [0.1, 0.15) is 13.3 Å². The van der Waals surface area contributed by atoms with E-state index in [0.717, 1.165) is 17.2 Å². The summed E-state index contributed by atoms with van der Waals surface area (Å²) < 4.78 is 2.18. The topological polar surface area (TPSA) is 17.1 Å². The quantitative estimate of drug-likeness (QED) is 0.442. The Morgan fingerprint density at radius 1 is 1.38 bits per heavy atom. The number of carbonyl (C=O) groups is 1. The molecule has 68 valence electrons. The van der Waals surface area contributed by atoms with Crippen LogP contribution >= 0.6 is 0 Å². The zero-order chi connectivity index (χ0) is 9.52. The van der Waals surface area contributed by atoms with Crippen molar-refractivity contribution >= 4 is 25.7 Å². The molecule has 0 saturated heterocycles. The molecule has 0 aliphatic rings. The Bertz CT molecular complexity index is 290. The molecule has 0 aromatic heterocycles. The van der Waals surface area contributed by atoms with E-state index in [4.69, 9.17) is 0 Å². The van der Waals surface area contributed by atoms with E-state index < -0.39 is 0 Å². The Morgan fingerprint density at radius 2 is 2.08 bits per heavy atom. The van der Waals surface area contributed by atoms with E-state index in [9.17, 15) is 4.79 Å². The first-order chi connectivity index (χ1) is 6.36. The molecule has 0 amide bonds. The van der Waals surface area contributed by atoms with Gasteiger partial charge in [0.25, 0.3) is 0 Å². The molecule has 0 N–H and O–H groups in total. The summed E-state index contributed by atoms with van der Waals surface area (Å²) in [6.45, 7) is 2.05. The summed E-state index contributed by atoms with van der Waals surface area (Å²) in [5, 5.41) is 0. The molecule has 0 spiro atoms. The van der Waals surface area contributed by atoms with Crippen molar-refractivity contribution in [1.29, 1.82) is 0 Å². The van der Waals surface area contributed by atoms with E-state index in [1.54, 1.807) is 0 Å². The van der Waals surface area contributed by atoms with Crippen LogP contribution in [0.25, 0.3) is 0 Å². The second-order valence-corrected chi connectivity index (χ2v) is 4.95. The number of allylic oxidation sites excluding steroid dienone is 2. The summed E-state index contributed by atoms with van der Waals surface area (Å²) in [6.07, 6.45) is 3.90. The van der Waals surface area contributed by atoms with E-state index in [2.05, 4.69) is 12.1 Å². The first-order valence-electron chi connectivity index (χ1n) is 4.25. The van der Waals surface area contributed by atoms with Crippen LogP contribution in [0.4, 0.5) is 0 Å². The summed E-state index contributed by atoms with van der Waals surface area (Å²) >= 11 is 0.180. The van der Waals surface area contributed by atoms with Crippen LogP contribution in [0.15, 0.2) is 40.9 Å². The Balaban J connectivity index is 2.68. The number of hydrogen-bond donors (Lipinski definition) is 0. The molecule has 1 aromatic rings. The van der Waals surface area contributed by atoms with E-state index in [0.29, 0.717) is 0 Å². The maximum absolute atomic E-state index is 10.6. The second-order valence-electron chi connectivity index (χ2n) is 2.55. The molecule has 0 aliphatic carbocycles. The third-order valence-corrected chi connectivity index (χ3v) is 3.61. The van der Waals surface area contributed by atoms with Crippen molar-refractivity contribution in [2.24, 2.45) is 0 Å². The van der Waals surface area contributed by atoms with E-state index in [1.165, 1.54) is 4.46 Å². The molecule has 0 atom stereocenters. The third-order valence-electron chi connectivity index (χ3n) is 1.50. The van der Waals surface area contributed by atoms with Gasteiger partial charge in [-0.1, -0.05) is 0 Å². The standard InChI is InChI=1S/C11H12OSe/c1-2-6-11(9-12)13-10-7-4-3-5-8-10/h3-9H,2H2,1H3/b11-6+. The number of rotatable bonds is 4. The molecule has 1 aromatic carbocycles. The van der Waals surface area contributed by atoms with Gasteiger partial charge in [-0.2, -0.15) is 0 Å². The Labute approximate surface area is 85.0 Å². The van der Waals surface area contributed by atoms with Gasteiger partial charge in [-0.25, -0.2) is 0 Å². The summed E-state index contributed by atoms with van der Waals surface area (Å²) in [6, 6.07) is 10.1. The van der Waals surface area contributed by atoms with Crippen LogP contribution in [-0.2, 0) is 4.79 Å². The van der Waals surface area contributed by atoms with Crippen molar-refractivity contribution in [3.05, 3.63) is 40.9 Å². The summed E-state index contributed by atoms with van der Waals surface area (Å²) in [7, 11) is 0. The molecule has 13 heavy (non-hydrogen) atoms. The average Bonchev–Trinajstić information content (AvgIpc) is 2.19. The van der Waals surface area contributed by atoms with Gasteiger partial charge in [-0.15, -0.1) is 0 Å². The van der Waals surface area contributed by atoms with Crippen LogP contribution in [0.3, 0.4) is 0 Å². The minimum absolute atomic E-state index is 0.180. The van der Waals surface area contributed by atoms with Gasteiger partial charge in [0.15, 0.2) is 0 Å². The maximum atomic E-state index is 10.6. The minimum atomic E-state index is 0.180. The van der Waals surface area contributed by atoms with Crippen molar-refractivity contribution in [1.82, 2.24) is 0 Å². The van der Waals surface area contributed by atoms with Gasteiger partial charge in [0, 0.05) is 0 Å². The van der Waals surface area contributed by atoms with Gasteiger partial charge in [-0.3, -0.25) is 0 Å². The SMILES string of the molecule is CC/C=C(\C=O)[Se]c1ccccc1. The normalized spacial score (nSPS) is 11.3. The molecule has 2 heteroatoms. The monoisotopic (exact) mass is 240 g/mol. The van der Waals surface area contributed by atoms with Crippen LogP contribution < -0.4 is 4.46 Å². The second kappa shape index (κ2) is 5.74. The van der Waals surface area contributed by atoms with Crippen molar-refractivity contribution in [3.63, 3.8) is 0 Å². The van der Waals surface area contributed by atoms with Gasteiger partial charge in [0.1, 0.15) is 0 Å². The molecule has 1 nitrogen and oxygen atoms in total. The molecule has 0 unspecified atom stereocenters. The zero-order valence-electron chi connectivity index (χ0n) is 7.57. The van der Waals surface area contributed by atoms with Crippen LogP contribution in [-0.4, -0.2) is 21.2 Å². The van der Waals surface area contributed by atoms with E-state index in [-0.39, 0.29) is 15.0 Å². The summed E-state index contributed by atoms with van der Waals surface area (Å²) in [5.41, 5.74) is 0. The fraction of sp³-hybridized carbons (Fsp3) is 0.182. The van der Waals surface area contributed by atoms with Gasteiger partial charge in [0.2, 0.25) is 0 Å². The van der Waals surface area contributed by atoms with E-state index in [1.807, 2.05) is 31.2 Å². The molecular weight excluding hydrogens is 227 g/mol.